The van der Waals surface area contributed by atoms with Crippen molar-refractivity contribution in [2.45, 2.75) is 13.5 Å². The van der Waals surface area contributed by atoms with Gasteiger partial charge < -0.3 is 14.5 Å². The highest BCUT2D eigenvalue weighted by Gasteiger charge is 2.05. The third kappa shape index (κ3) is 2.56. The maximum absolute atomic E-state index is 5.53. The first-order valence-electron chi connectivity index (χ1n) is 5.22. The molecule has 0 amide bonds. The van der Waals surface area contributed by atoms with E-state index in [1.54, 1.807) is 7.11 Å². The monoisotopic (exact) mass is 221 g/mol. The van der Waals surface area contributed by atoms with Gasteiger partial charge in [-0.05, 0) is 19.1 Å². The van der Waals surface area contributed by atoms with Crippen LogP contribution in [0.4, 0.5) is 0 Å². The summed E-state index contributed by atoms with van der Waals surface area (Å²) in [7, 11) is 1.67. The van der Waals surface area contributed by atoms with E-state index in [0.29, 0.717) is 24.7 Å². The number of methoxy groups -OCH3 is 1. The van der Waals surface area contributed by atoms with Crippen LogP contribution in [0.15, 0.2) is 16.5 Å². The van der Waals surface area contributed by atoms with Crippen LogP contribution in [-0.4, -0.2) is 30.2 Å². The second kappa shape index (κ2) is 5.05. The highest BCUT2D eigenvalue weighted by Crippen LogP contribution is 2.13. The quantitative estimate of drug-likeness (QED) is 0.770. The number of oxazole rings is 1. The molecule has 0 atom stereocenters. The first kappa shape index (κ1) is 11.0. The molecule has 5 heteroatoms. The van der Waals surface area contributed by atoms with Crippen LogP contribution in [0.3, 0.4) is 0 Å². The van der Waals surface area contributed by atoms with Gasteiger partial charge >= 0.3 is 0 Å². The van der Waals surface area contributed by atoms with Crippen molar-refractivity contribution in [3.8, 4) is 0 Å². The Kier molecular flexibility index (Phi) is 3.48. The van der Waals surface area contributed by atoms with Gasteiger partial charge in [-0.25, -0.2) is 4.98 Å². The number of nitrogens with zero attached hydrogens (tertiary/aromatic N) is 2. The molecule has 0 aliphatic heterocycles. The van der Waals surface area contributed by atoms with E-state index in [-0.39, 0.29) is 0 Å². The molecule has 0 radical (unpaired) electrons. The standard InChI is InChI=1S/C11H15N3O2/c1-8-3-4-9-11(13-8)14-10(16-9)7-12-5-6-15-2/h3-4,12H,5-7H2,1-2H3. The lowest BCUT2D eigenvalue weighted by Gasteiger charge is -1.99. The van der Waals surface area contributed by atoms with Crippen molar-refractivity contribution in [3.63, 3.8) is 0 Å². The third-order valence-electron chi connectivity index (χ3n) is 2.20. The molecule has 86 valence electrons. The summed E-state index contributed by atoms with van der Waals surface area (Å²) >= 11 is 0. The predicted octanol–water partition coefficient (Wildman–Crippen LogP) is 1.27. The van der Waals surface area contributed by atoms with E-state index in [2.05, 4.69) is 15.3 Å². The summed E-state index contributed by atoms with van der Waals surface area (Å²) in [5, 5.41) is 3.17. The molecule has 0 spiro atoms. The fourth-order valence-electron chi connectivity index (χ4n) is 1.40. The van der Waals surface area contributed by atoms with Gasteiger partial charge in [0, 0.05) is 19.3 Å². The van der Waals surface area contributed by atoms with E-state index in [0.717, 1.165) is 17.8 Å². The molecule has 0 unspecified atom stereocenters. The summed E-state index contributed by atoms with van der Waals surface area (Å²) in [6.07, 6.45) is 0. The van der Waals surface area contributed by atoms with Crippen molar-refractivity contribution < 1.29 is 9.15 Å². The largest absolute Gasteiger partial charge is 0.438 e. The molecular weight excluding hydrogens is 206 g/mol. The van der Waals surface area contributed by atoms with Gasteiger partial charge in [0.1, 0.15) is 0 Å². The summed E-state index contributed by atoms with van der Waals surface area (Å²) in [5.74, 6) is 0.657. The first-order valence-corrected chi connectivity index (χ1v) is 5.22. The smallest absolute Gasteiger partial charge is 0.211 e. The van der Waals surface area contributed by atoms with Crippen LogP contribution < -0.4 is 5.32 Å². The van der Waals surface area contributed by atoms with Gasteiger partial charge in [-0.1, -0.05) is 0 Å². The molecule has 0 saturated carbocycles. The zero-order chi connectivity index (χ0) is 11.4. The summed E-state index contributed by atoms with van der Waals surface area (Å²) in [5.41, 5.74) is 2.34. The van der Waals surface area contributed by atoms with Gasteiger partial charge in [0.15, 0.2) is 11.2 Å². The minimum atomic E-state index is 0.596. The lowest BCUT2D eigenvalue weighted by Crippen LogP contribution is -2.18. The number of hydrogen-bond acceptors (Lipinski definition) is 5. The molecule has 2 aromatic rings. The van der Waals surface area contributed by atoms with Crippen molar-refractivity contribution >= 4 is 11.2 Å². The van der Waals surface area contributed by atoms with Crippen molar-refractivity contribution in [2.75, 3.05) is 20.3 Å². The molecule has 0 aromatic carbocycles. The van der Waals surface area contributed by atoms with Gasteiger partial charge in [-0.2, -0.15) is 4.98 Å². The SMILES string of the molecule is COCCNCc1nc2nc(C)ccc2o1. The van der Waals surface area contributed by atoms with E-state index in [1.165, 1.54) is 0 Å². The number of hydrogen-bond donors (Lipinski definition) is 1. The zero-order valence-electron chi connectivity index (χ0n) is 9.49. The Morgan fingerprint density at radius 3 is 3.06 bits per heavy atom. The molecule has 1 N–H and O–H groups in total. The summed E-state index contributed by atoms with van der Waals surface area (Å²) in [6.45, 7) is 3.99. The number of fused-ring (bicyclic) bond motifs is 1. The van der Waals surface area contributed by atoms with Crippen LogP contribution in [0, 0.1) is 6.92 Å². The van der Waals surface area contributed by atoms with Crippen LogP contribution in [0.5, 0.6) is 0 Å². The molecule has 2 heterocycles. The summed E-state index contributed by atoms with van der Waals surface area (Å²) in [4.78, 5) is 8.57. The van der Waals surface area contributed by atoms with E-state index < -0.39 is 0 Å². The molecular formula is C11H15N3O2. The predicted molar refractivity (Wildman–Crippen MR) is 60.1 cm³/mol. The van der Waals surface area contributed by atoms with E-state index in [4.69, 9.17) is 9.15 Å². The van der Waals surface area contributed by atoms with Crippen LogP contribution >= 0.6 is 0 Å². The highest BCUT2D eigenvalue weighted by molar-refractivity contribution is 5.67. The molecule has 5 nitrogen and oxygen atoms in total. The molecule has 0 saturated heterocycles. The maximum Gasteiger partial charge on any atom is 0.211 e. The molecule has 0 bridgehead atoms. The van der Waals surface area contributed by atoms with Crippen molar-refractivity contribution in [1.82, 2.24) is 15.3 Å². The van der Waals surface area contributed by atoms with Crippen LogP contribution in [-0.2, 0) is 11.3 Å². The van der Waals surface area contributed by atoms with E-state index in [1.807, 2.05) is 19.1 Å². The average Bonchev–Trinajstić information content (AvgIpc) is 2.66. The van der Waals surface area contributed by atoms with E-state index >= 15 is 0 Å². The van der Waals surface area contributed by atoms with Gasteiger partial charge in [0.2, 0.25) is 5.89 Å². The zero-order valence-corrected chi connectivity index (χ0v) is 9.49. The normalized spacial score (nSPS) is 11.1. The second-order valence-corrected chi connectivity index (χ2v) is 3.55. The minimum Gasteiger partial charge on any atom is -0.438 e. The Morgan fingerprint density at radius 2 is 2.25 bits per heavy atom. The van der Waals surface area contributed by atoms with Crippen LogP contribution in [0.2, 0.25) is 0 Å². The second-order valence-electron chi connectivity index (χ2n) is 3.55. The Labute approximate surface area is 93.8 Å². The first-order chi connectivity index (χ1) is 7.79. The Hall–Kier alpha value is -1.46. The van der Waals surface area contributed by atoms with Crippen molar-refractivity contribution in [3.05, 3.63) is 23.7 Å². The Bertz CT molecular complexity index is 467. The highest BCUT2D eigenvalue weighted by atomic mass is 16.5. The molecule has 0 aliphatic carbocycles. The van der Waals surface area contributed by atoms with Crippen LogP contribution in [0.1, 0.15) is 11.6 Å². The lowest BCUT2D eigenvalue weighted by molar-refractivity contribution is 0.198. The number of pyridine rings is 1. The maximum atomic E-state index is 5.53. The summed E-state index contributed by atoms with van der Waals surface area (Å²) in [6, 6.07) is 3.80. The Morgan fingerprint density at radius 1 is 1.38 bits per heavy atom. The number of nitrogens with one attached hydrogen (secondary N) is 1. The van der Waals surface area contributed by atoms with Gasteiger partial charge in [0.05, 0.1) is 13.2 Å². The molecule has 0 aliphatic rings. The van der Waals surface area contributed by atoms with Gasteiger partial charge in [-0.3, -0.25) is 0 Å². The lowest BCUT2D eigenvalue weighted by atomic mass is 10.4. The summed E-state index contributed by atoms with van der Waals surface area (Å²) < 4.78 is 10.5. The number of aromatic nitrogens is 2. The number of rotatable bonds is 5. The van der Waals surface area contributed by atoms with Crippen molar-refractivity contribution in [2.24, 2.45) is 0 Å². The average molecular weight is 221 g/mol. The molecule has 16 heavy (non-hydrogen) atoms. The molecule has 0 fully saturated rings. The van der Waals surface area contributed by atoms with Gasteiger partial charge in [-0.15, -0.1) is 0 Å². The Balaban J connectivity index is 2.02. The molecule has 2 rings (SSSR count). The molecule has 2 aromatic heterocycles. The topological polar surface area (TPSA) is 60.2 Å². The van der Waals surface area contributed by atoms with Crippen molar-refractivity contribution in [1.29, 1.82) is 0 Å². The van der Waals surface area contributed by atoms with E-state index in [9.17, 15) is 0 Å². The number of aryl methyl sites for hydroxylation is 1. The fourth-order valence-corrected chi connectivity index (χ4v) is 1.40. The van der Waals surface area contributed by atoms with Gasteiger partial charge in [0.25, 0.3) is 0 Å². The number of ether oxygens (including phenoxy) is 1. The van der Waals surface area contributed by atoms with Crippen LogP contribution in [0.25, 0.3) is 11.2 Å². The fraction of sp³-hybridized carbons (Fsp3) is 0.455. The third-order valence-corrected chi connectivity index (χ3v) is 2.20. The minimum absolute atomic E-state index is 0.596.